The quantitative estimate of drug-likeness (QED) is 0.851. The summed E-state index contributed by atoms with van der Waals surface area (Å²) in [5, 5.41) is 2.99. The van der Waals surface area contributed by atoms with Gasteiger partial charge in [0.2, 0.25) is 5.91 Å². The van der Waals surface area contributed by atoms with Crippen LogP contribution in [0.2, 0.25) is 0 Å². The lowest BCUT2D eigenvalue weighted by atomic mass is 10.0. The van der Waals surface area contributed by atoms with Crippen LogP contribution in [-0.2, 0) is 11.2 Å². The average Bonchev–Trinajstić information content (AvgIpc) is 2.91. The van der Waals surface area contributed by atoms with Crippen molar-refractivity contribution in [1.29, 1.82) is 0 Å². The molecule has 0 aliphatic carbocycles. The molecule has 2 rings (SSSR count). The Morgan fingerprint density at radius 2 is 2.19 bits per heavy atom. The lowest BCUT2D eigenvalue weighted by Gasteiger charge is -2.11. The van der Waals surface area contributed by atoms with Crippen molar-refractivity contribution >= 4 is 11.6 Å². The van der Waals surface area contributed by atoms with Crippen LogP contribution in [0.25, 0.3) is 5.65 Å². The van der Waals surface area contributed by atoms with E-state index in [0.29, 0.717) is 6.54 Å². The fourth-order valence-corrected chi connectivity index (χ4v) is 2.44. The van der Waals surface area contributed by atoms with Crippen LogP contribution in [0.15, 0.2) is 24.5 Å². The largest absolute Gasteiger partial charge is 0.493 e. The van der Waals surface area contributed by atoms with Gasteiger partial charge in [-0.3, -0.25) is 4.79 Å². The first-order valence-corrected chi connectivity index (χ1v) is 7.47. The maximum absolute atomic E-state index is 11.9. The first-order chi connectivity index (χ1) is 10.2. The predicted octanol–water partition coefficient (Wildman–Crippen LogP) is 2.44. The zero-order valence-electron chi connectivity index (χ0n) is 12.9. The number of carbonyl (C=O) groups excluding carboxylic acids is 1. The van der Waals surface area contributed by atoms with Gasteiger partial charge in [-0.15, -0.1) is 0 Å². The molecule has 2 aromatic rings. The monoisotopic (exact) mass is 289 g/mol. The van der Waals surface area contributed by atoms with Crippen LogP contribution in [-0.4, -0.2) is 28.9 Å². The van der Waals surface area contributed by atoms with E-state index in [-0.39, 0.29) is 11.8 Å². The van der Waals surface area contributed by atoms with Crippen LogP contribution in [0, 0.1) is 5.92 Å². The molecule has 0 unspecified atom stereocenters. The SMILES string of the molecule is CCC(CC)C(=O)NCCc1cn2cccc(OC)c2n1. The number of pyridine rings is 1. The first-order valence-electron chi connectivity index (χ1n) is 7.47. The van der Waals surface area contributed by atoms with Gasteiger partial charge >= 0.3 is 0 Å². The third-order valence-corrected chi connectivity index (χ3v) is 3.75. The van der Waals surface area contributed by atoms with E-state index in [4.69, 9.17) is 4.74 Å². The molecule has 0 spiro atoms. The molecule has 2 aromatic heterocycles. The number of imidazole rings is 1. The molecule has 0 radical (unpaired) electrons. The van der Waals surface area contributed by atoms with E-state index in [1.807, 2.05) is 42.8 Å². The predicted molar refractivity (Wildman–Crippen MR) is 82.5 cm³/mol. The summed E-state index contributed by atoms with van der Waals surface area (Å²) in [5.41, 5.74) is 1.76. The molecule has 0 saturated heterocycles. The van der Waals surface area contributed by atoms with E-state index in [1.54, 1.807) is 7.11 Å². The van der Waals surface area contributed by atoms with Gasteiger partial charge in [-0.25, -0.2) is 4.98 Å². The third-order valence-electron chi connectivity index (χ3n) is 3.75. The number of aromatic nitrogens is 2. The van der Waals surface area contributed by atoms with Gasteiger partial charge in [0.1, 0.15) is 0 Å². The number of fused-ring (bicyclic) bond motifs is 1. The van der Waals surface area contributed by atoms with Gasteiger partial charge in [-0.05, 0) is 25.0 Å². The van der Waals surface area contributed by atoms with Crippen LogP contribution in [0.5, 0.6) is 5.75 Å². The normalized spacial score (nSPS) is 11.0. The van der Waals surface area contributed by atoms with Crippen LogP contribution in [0.1, 0.15) is 32.4 Å². The second-order valence-electron chi connectivity index (χ2n) is 5.09. The number of ether oxygens (including phenoxy) is 1. The fraction of sp³-hybridized carbons (Fsp3) is 0.500. The van der Waals surface area contributed by atoms with Crippen LogP contribution in [0.4, 0.5) is 0 Å². The highest BCUT2D eigenvalue weighted by atomic mass is 16.5. The van der Waals surface area contributed by atoms with Crippen molar-refractivity contribution in [2.24, 2.45) is 5.92 Å². The van der Waals surface area contributed by atoms with E-state index < -0.39 is 0 Å². The summed E-state index contributed by atoms with van der Waals surface area (Å²) in [6, 6.07) is 3.81. The summed E-state index contributed by atoms with van der Waals surface area (Å²) in [4.78, 5) is 16.5. The van der Waals surface area contributed by atoms with Crippen LogP contribution >= 0.6 is 0 Å². The summed E-state index contributed by atoms with van der Waals surface area (Å²) in [5.74, 6) is 1.01. The van der Waals surface area contributed by atoms with Crippen molar-refractivity contribution < 1.29 is 9.53 Å². The number of hydrogen-bond donors (Lipinski definition) is 1. The Hall–Kier alpha value is -2.04. The number of amides is 1. The Bertz CT molecular complexity index is 603. The van der Waals surface area contributed by atoms with Crippen molar-refractivity contribution in [3.63, 3.8) is 0 Å². The highest BCUT2D eigenvalue weighted by molar-refractivity contribution is 5.78. The van der Waals surface area contributed by atoms with Crippen molar-refractivity contribution in [1.82, 2.24) is 14.7 Å². The van der Waals surface area contributed by atoms with E-state index in [2.05, 4.69) is 10.3 Å². The summed E-state index contributed by atoms with van der Waals surface area (Å²) >= 11 is 0. The first kappa shape index (κ1) is 15.4. The molecule has 21 heavy (non-hydrogen) atoms. The van der Waals surface area contributed by atoms with Gasteiger partial charge in [0, 0.05) is 31.3 Å². The van der Waals surface area contributed by atoms with Crippen molar-refractivity contribution in [2.75, 3.05) is 13.7 Å². The number of carbonyl (C=O) groups is 1. The maximum Gasteiger partial charge on any atom is 0.223 e. The molecule has 0 atom stereocenters. The topological polar surface area (TPSA) is 55.6 Å². The molecule has 1 N–H and O–H groups in total. The number of nitrogens with one attached hydrogen (secondary N) is 1. The Morgan fingerprint density at radius 3 is 2.86 bits per heavy atom. The molecule has 2 heterocycles. The number of rotatable bonds is 7. The van der Waals surface area contributed by atoms with E-state index in [1.165, 1.54) is 0 Å². The lowest BCUT2D eigenvalue weighted by molar-refractivity contribution is -0.125. The molecule has 0 aliphatic heterocycles. The van der Waals surface area contributed by atoms with Gasteiger partial charge in [-0.2, -0.15) is 0 Å². The van der Waals surface area contributed by atoms with Gasteiger partial charge < -0.3 is 14.5 Å². The van der Waals surface area contributed by atoms with Crippen molar-refractivity contribution in [2.45, 2.75) is 33.1 Å². The number of nitrogens with zero attached hydrogens (tertiary/aromatic N) is 2. The molecular weight excluding hydrogens is 266 g/mol. The second kappa shape index (κ2) is 7.11. The highest BCUT2D eigenvalue weighted by Crippen LogP contribution is 2.18. The van der Waals surface area contributed by atoms with Gasteiger partial charge in [0.15, 0.2) is 11.4 Å². The Balaban J connectivity index is 1.96. The second-order valence-corrected chi connectivity index (χ2v) is 5.09. The number of methoxy groups -OCH3 is 1. The molecule has 0 aromatic carbocycles. The smallest absolute Gasteiger partial charge is 0.223 e. The van der Waals surface area contributed by atoms with Gasteiger partial charge in [0.05, 0.1) is 12.8 Å². The highest BCUT2D eigenvalue weighted by Gasteiger charge is 2.13. The molecule has 0 saturated carbocycles. The Morgan fingerprint density at radius 1 is 1.43 bits per heavy atom. The molecule has 5 nitrogen and oxygen atoms in total. The van der Waals surface area contributed by atoms with Gasteiger partial charge in [0.25, 0.3) is 0 Å². The molecular formula is C16H23N3O2. The summed E-state index contributed by atoms with van der Waals surface area (Å²) in [6.45, 7) is 4.70. The van der Waals surface area contributed by atoms with E-state index in [9.17, 15) is 4.79 Å². The molecule has 0 bridgehead atoms. The van der Waals surface area contributed by atoms with E-state index in [0.717, 1.165) is 36.4 Å². The molecule has 0 fully saturated rings. The summed E-state index contributed by atoms with van der Waals surface area (Å²) < 4.78 is 7.23. The minimum Gasteiger partial charge on any atom is -0.493 e. The maximum atomic E-state index is 11.9. The van der Waals surface area contributed by atoms with Crippen LogP contribution in [0.3, 0.4) is 0 Å². The molecule has 114 valence electrons. The zero-order valence-corrected chi connectivity index (χ0v) is 12.9. The van der Waals surface area contributed by atoms with Gasteiger partial charge in [-0.1, -0.05) is 13.8 Å². The molecule has 0 aliphatic rings. The summed E-state index contributed by atoms with van der Waals surface area (Å²) in [7, 11) is 1.64. The Labute approximate surface area is 125 Å². The fourth-order valence-electron chi connectivity index (χ4n) is 2.44. The molecule has 5 heteroatoms. The van der Waals surface area contributed by atoms with E-state index >= 15 is 0 Å². The number of hydrogen-bond acceptors (Lipinski definition) is 3. The standard InChI is InChI=1S/C16H23N3O2/c1-4-12(5-2)16(20)17-9-8-13-11-19-10-6-7-14(21-3)15(19)18-13/h6-7,10-12H,4-5,8-9H2,1-3H3,(H,17,20). The minimum atomic E-state index is 0.117. The summed E-state index contributed by atoms with van der Waals surface area (Å²) in [6.07, 6.45) is 6.40. The molecule has 1 amide bonds. The minimum absolute atomic E-state index is 0.117. The average molecular weight is 289 g/mol. The van der Waals surface area contributed by atoms with Crippen LogP contribution < -0.4 is 10.1 Å². The zero-order chi connectivity index (χ0) is 15.2. The lowest BCUT2D eigenvalue weighted by Crippen LogP contribution is -2.31. The van der Waals surface area contributed by atoms with Crippen molar-refractivity contribution in [3.8, 4) is 5.75 Å². The van der Waals surface area contributed by atoms with Crippen molar-refractivity contribution in [3.05, 3.63) is 30.2 Å². The third kappa shape index (κ3) is 3.54. The Kier molecular flexibility index (Phi) is 5.20.